The number of morpholine rings is 1. The summed E-state index contributed by atoms with van der Waals surface area (Å²) < 4.78 is 7.74. The molecule has 0 saturated carbocycles. The summed E-state index contributed by atoms with van der Waals surface area (Å²) in [5, 5.41) is 4.51. The van der Waals surface area contributed by atoms with Crippen molar-refractivity contribution < 1.29 is 4.74 Å². The zero-order valence-electron chi connectivity index (χ0n) is 13.7. The van der Waals surface area contributed by atoms with E-state index in [-0.39, 0.29) is 5.54 Å². The van der Waals surface area contributed by atoms with E-state index >= 15 is 0 Å². The quantitative estimate of drug-likeness (QED) is 0.872. The van der Waals surface area contributed by atoms with Crippen LogP contribution in [0.4, 0.5) is 0 Å². The van der Waals surface area contributed by atoms with Crippen molar-refractivity contribution in [3.8, 4) is 0 Å². The molecule has 0 spiro atoms. The fourth-order valence-corrected chi connectivity index (χ4v) is 2.85. The molecule has 1 saturated heterocycles. The van der Waals surface area contributed by atoms with Gasteiger partial charge in [0, 0.05) is 24.8 Å². The van der Waals surface area contributed by atoms with Gasteiger partial charge in [0.1, 0.15) is 0 Å². The molecule has 2 heterocycles. The molecule has 0 unspecified atom stereocenters. The summed E-state index contributed by atoms with van der Waals surface area (Å²) in [7, 11) is 0. The third-order valence-electron chi connectivity index (χ3n) is 4.13. The first-order valence-corrected chi connectivity index (χ1v) is 7.95. The first-order valence-electron chi connectivity index (χ1n) is 7.95. The maximum atomic E-state index is 5.70. The number of hydrogen-bond acceptors (Lipinski definition) is 3. The number of rotatable bonds is 3. The molecule has 0 radical (unpaired) electrons. The minimum atomic E-state index is 0.0299. The average molecular weight is 299 g/mol. The number of benzene rings is 1. The summed E-state index contributed by atoms with van der Waals surface area (Å²) in [4.78, 5) is 2.49. The van der Waals surface area contributed by atoms with E-state index in [1.54, 1.807) is 0 Å². The van der Waals surface area contributed by atoms with Crippen LogP contribution >= 0.6 is 0 Å². The van der Waals surface area contributed by atoms with Crippen molar-refractivity contribution in [2.24, 2.45) is 0 Å². The molecule has 1 fully saturated rings. The number of hydrogen-bond donors (Lipinski definition) is 0. The lowest BCUT2D eigenvalue weighted by atomic mass is 10.0. The Hall–Kier alpha value is -1.65. The molecule has 0 amide bonds. The van der Waals surface area contributed by atoms with Gasteiger partial charge < -0.3 is 4.74 Å². The lowest BCUT2D eigenvalue weighted by Crippen LogP contribution is -2.38. The van der Waals surface area contributed by atoms with E-state index in [0.29, 0.717) is 6.04 Å². The molecular formula is C18H25N3O. The Morgan fingerprint density at radius 2 is 2.00 bits per heavy atom. The normalized spacial score (nSPS) is 20.2. The zero-order valence-corrected chi connectivity index (χ0v) is 13.7. The van der Waals surface area contributed by atoms with Crippen molar-refractivity contribution in [1.82, 2.24) is 14.7 Å². The molecule has 4 heteroatoms. The van der Waals surface area contributed by atoms with Gasteiger partial charge in [0.15, 0.2) is 0 Å². The van der Waals surface area contributed by atoms with Crippen LogP contribution in [0, 0.1) is 0 Å². The summed E-state index contributed by atoms with van der Waals surface area (Å²) in [6.45, 7) is 9.95. The second-order valence-electron chi connectivity index (χ2n) is 6.94. The Morgan fingerprint density at radius 1 is 1.23 bits per heavy atom. The molecule has 0 N–H and O–H groups in total. The molecule has 1 aliphatic heterocycles. The van der Waals surface area contributed by atoms with Crippen molar-refractivity contribution in [2.75, 3.05) is 19.8 Å². The minimum Gasteiger partial charge on any atom is -0.378 e. The highest BCUT2D eigenvalue weighted by molar-refractivity contribution is 5.20. The van der Waals surface area contributed by atoms with E-state index < -0.39 is 0 Å². The van der Waals surface area contributed by atoms with Gasteiger partial charge in [-0.1, -0.05) is 30.3 Å². The fraction of sp³-hybridized carbons (Fsp3) is 0.500. The van der Waals surface area contributed by atoms with Crippen LogP contribution < -0.4 is 0 Å². The van der Waals surface area contributed by atoms with Gasteiger partial charge >= 0.3 is 0 Å². The highest BCUT2D eigenvalue weighted by Gasteiger charge is 2.25. The molecule has 0 bridgehead atoms. The number of nitrogens with zero attached hydrogens (tertiary/aromatic N) is 3. The van der Waals surface area contributed by atoms with Gasteiger partial charge in [-0.05, 0) is 26.3 Å². The molecule has 3 rings (SSSR count). The van der Waals surface area contributed by atoms with Crippen LogP contribution in [0.2, 0.25) is 0 Å². The van der Waals surface area contributed by atoms with Crippen molar-refractivity contribution in [1.29, 1.82) is 0 Å². The van der Waals surface area contributed by atoms with E-state index in [1.165, 1.54) is 11.1 Å². The van der Waals surface area contributed by atoms with Gasteiger partial charge in [-0.2, -0.15) is 5.10 Å². The van der Waals surface area contributed by atoms with Crippen LogP contribution in [0.5, 0.6) is 0 Å². The number of aromatic nitrogens is 2. The van der Waals surface area contributed by atoms with Crippen LogP contribution in [0.15, 0.2) is 42.7 Å². The predicted molar refractivity (Wildman–Crippen MR) is 87.6 cm³/mol. The summed E-state index contributed by atoms with van der Waals surface area (Å²) >= 11 is 0. The molecule has 2 aromatic rings. The largest absolute Gasteiger partial charge is 0.378 e. The van der Waals surface area contributed by atoms with Crippen LogP contribution in [0.25, 0.3) is 0 Å². The van der Waals surface area contributed by atoms with Gasteiger partial charge in [-0.25, -0.2) is 0 Å². The van der Waals surface area contributed by atoms with E-state index in [2.05, 4.69) is 67.3 Å². The highest BCUT2D eigenvalue weighted by Crippen LogP contribution is 2.26. The zero-order chi connectivity index (χ0) is 15.6. The van der Waals surface area contributed by atoms with Crippen molar-refractivity contribution in [3.05, 3.63) is 53.9 Å². The monoisotopic (exact) mass is 299 g/mol. The molecule has 1 aromatic carbocycles. The third-order valence-corrected chi connectivity index (χ3v) is 4.13. The molecule has 4 nitrogen and oxygen atoms in total. The summed E-state index contributed by atoms with van der Waals surface area (Å²) in [5.41, 5.74) is 2.62. The van der Waals surface area contributed by atoms with Crippen LogP contribution in [-0.4, -0.2) is 34.4 Å². The highest BCUT2D eigenvalue weighted by atomic mass is 16.5. The number of ether oxygens (including phenoxy) is 1. The lowest BCUT2D eigenvalue weighted by molar-refractivity contribution is -0.0127. The molecule has 118 valence electrons. The Bertz CT molecular complexity index is 600. The Labute approximate surface area is 132 Å². The summed E-state index contributed by atoms with van der Waals surface area (Å²) in [6, 6.07) is 11.0. The second-order valence-corrected chi connectivity index (χ2v) is 6.94. The Kier molecular flexibility index (Phi) is 4.32. The van der Waals surface area contributed by atoms with Crippen LogP contribution in [-0.2, 0) is 16.8 Å². The smallest absolute Gasteiger partial charge is 0.0664 e. The molecule has 1 atom stereocenters. The van der Waals surface area contributed by atoms with Gasteiger partial charge in [0.25, 0.3) is 0 Å². The maximum Gasteiger partial charge on any atom is 0.0664 e. The molecule has 1 aliphatic rings. The second kappa shape index (κ2) is 6.23. The van der Waals surface area contributed by atoms with Crippen LogP contribution in [0.3, 0.4) is 0 Å². The maximum absolute atomic E-state index is 5.70. The molecular weight excluding hydrogens is 274 g/mol. The van der Waals surface area contributed by atoms with E-state index in [1.807, 2.05) is 10.9 Å². The third kappa shape index (κ3) is 3.39. The topological polar surface area (TPSA) is 30.3 Å². The standard InChI is InChI=1S/C18H25N3O/c1-18(2,3)21-13-15(11-19-21)12-20-9-10-22-14-17(20)16-7-5-4-6-8-16/h4-8,11,13,17H,9-10,12,14H2,1-3H3/t17-/m0/s1. The molecule has 22 heavy (non-hydrogen) atoms. The average Bonchev–Trinajstić information content (AvgIpc) is 2.97. The lowest BCUT2D eigenvalue weighted by Gasteiger charge is -2.35. The Morgan fingerprint density at radius 3 is 2.68 bits per heavy atom. The predicted octanol–water partition coefficient (Wildman–Crippen LogP) is 3.21. The van der Waals surface area contributed by atoms with E-state index in [4.69, 9.17) is 4.74 Å². The summed E-state index contributed by atoms with van der Waals surface area (Å²) in [5.74, 6) is 0. The van der Waals surface area contributed by atoms with E-state index in [9.17, 15) is 0 Å². The van der Waals surface area contributed by atoms with Gasteiger partial charge in [-0.15, -0.1) is 0 Å². The SMILES string of the molecule is CC(C)(C)n1cc(CN2CCOC[C@H]2c2ccccc2)cn1. The first-order chi connectivity index (χ1) is 10.5. The van der Waals surface area contributed by atoms with Crippen molar-refractivity contribution in [3.63, 3.8) is 0 Å². The minimum absolute atomic E-state index is 0.0299. The van der Waals surface area contributed by atoms with Crippen LogP contribution in [0.1, 0.15) is 37.9 Å². The van der Waals surface area contributed by atoms with Gasteiger partial charge in [0.2, 0.25) is 0 Å². The Balaban J connectivity index is 1.76. The first kappa shape index (κ1) is 15.3. The van der Waals surface area contributed by atoms with Crippen molar-refractivity contribution in [2.45, 2.75) is 38.9 Å². The van der Waals surface area contributed by atoms with Crippen molar-refractivity contribution >= 4 is 0 Å². The molecule has 1 aromatic heterocycles. The van der Waals surface area contributed by atoms with E-state index in [0.717, 1.165) is 26.3 Å². The molecule has 0 aliphatic carbocycles. The summed E-state index contributed by atoms with van der Waals surface area (Å²) in [6.07, 6.45) is 4.15. The fourth-order valence-electron chi connectivity index (χ4n) is 2.85. The van der Waals surface area contributed by atoms with Gasteiger partial charge in [0.05, 0.1) is 31.0 Å². The van der Waals surface area contributed by atoms with Gasteiger partial charge in [-0.3, -0.25) is 9.58 Å².